The predicted molar refractivity (Wildman–Crippen MR) is 109 cm³/mol. The second kappa shape index (κ2) is 8.62. The molecule has 2 N–H and O–H groups in total. The van der Waals surface area contributed by atoms with Crippen LogP contribution in [0.5, 0.6) is 11.5 Å². The standard InChI is InChI=1S/C19H21N3O6S2/c23-18(15-12-27-13-6-2-3-7-14(13)28-15)20-21-19(24)17-16(8-11-29-17)30(25,26)22-9-4-1-5-10-22/h2-3,6-8,11,15H,1,4-5,9-10,12H2,(H,20,23)(H,21,24). The number of sulfonamides is 1. The number of rotatable bonds is 4. The average Bonchev–Trinajstić information content (AvgIpc) is 3.28. The fourth-order valence-electron chi connectivity index (χ4n) is 3.31. The summed E-state index contributed by atoms with van der Waals surface area (Å²) in [7, 11) is -3.76. The number of carbonyl (C=O) groups excluding carboxylic acids is 2. The van der Waals surface area contributed by atoms with Crippen LogP contribution < -0.4 is 20.3 Å². The molecule has 2 aliphatic rings. The minimum absolute atomic E-state index is 0.00763. The Hall–Kier alpha value is -2.63. The van der Waals surface area contributed by atoms with E-state index in [9.17, 15) is 18.0 Å². The first-order valence-corrected chi connectivity index (χ1v) is 11.8. The molecule has 4 rings (SSSR count). The Morgan fingerprint density at radius 2 is 1.77 bits per heavy atom. The fraction of sp³-hybridized carbons (Fsp3) is 0.368. The van der Waals surface area contributed by atoms with Crippen molar-refractivity contribution in [3.63, 3.8) is 0 Å². The highest BCUT2D eigenvalue weighted by molar-refractivity contribution is 7.89. The average molecular weight is 452 g/mol. The van der Waals surface area contributed by atoms with Gasteiger partial charge in [0.1, 0.15) is 16.4 Å². The Labute approximate surface area is 178 Å². The quantitative estimate of drug-likeness (QED) is 0.682. The van der Waals surface area contributed by atoms with Gasteiger partial charge >= 0.3 is 0 Å². The number of ether oxygens (including phenoxy) is 2. The molecule has 9 nitrogen and oxygen atoms in total. The SMILES string of the molecule is O=C(NNC(=O)C1COc2ccccc2O1)c1sccc1S(=O)(=O)N1CCCCC1. The van der Waals surface area contributed by atoms with Crippen molar-refractivity contribution in [2.24, 2.45) is 0 Å². The zero-order chi connectivity index (χ0) is 21.1. The molecule has 2 amide bonds. The lowest BCUT2D eigenvalue weighted by Crippen LogP contribution is -2.51. The highest BCUT2D eigenvalue weighted by Crippen LogP contribution is 2.31. The van der Waals surface area contributed by atoms with E-state index in [0.717, 1.165) is 30.6 Å². The summed E-state index contributed by atoms with van der Waals surface area (Å²) in [6.45, 7) is 0.874. The Morgan fingerprint density at radius 1 is 1.03 bits per heavy atom. The molecule has 0 radical (unpaired) electrons. The molecule has 3 heterocycles. The Morgan fingerprint density at radius 3 is 2.53 bits per heavy atom. The second-order valence-electron chi connectivity index (χ2n) is 6.89. The van der Waals surface area contributed by atoms with Crippen LogP contribution in [0.3, 0.4) is 0 Å². The molecule has 1 aromatic heterocycles. The molecule has 1 fully saturated rings. The van der Waals surface area contributed by atoms with Crippen molar-refractivity contribution in [2.75, 3.05) is 19.7 Å². The van der Waals surface area contributed by atoms with Crippen molar-refractivity contribution in [2.45, 2.75) is 30.3 Å². The summed E-state index contributed by atoms with van der Waals surface area (Å²) in [6, 6.07) is 8.37. The van der Waals surface area contributed by atoms with E-state index in [-0.39, 0.29) is 16.4 Å². The molecule has 30 heavy (non-hydrogen) atoms. The number of hydrazine groups is 1. The second-order valence-corrected chi connectivity index (χ2v) is 9.71. The molecule has 1 saturated heterocycles. The number of para-hydroxylation sites is 2. The van der Waals surface area contributed by atoms with Gasteiger partial charge in [-0.1, -0.05) is 18.6 Å². The highest BCUT2D eigenvalue weighted by atomic mass is 32.2. The van der Waals surface area contributed by atoms with E-state index in [1.54, 1.807) is 29.6 Å². The summed E-state index contributed by atoms with van der Waals surface area (Å²) in [6.07, 6.45) is 1.65. The monoisotopic (exact) mass is 451 g/mol. The van der Waals surface area contributed by atoms with Gasteiger partial charge < -0.3 is 9.47 Å². The van der Waals surface area contributed by atoms with Gasteiger partial charge in [0.15, 0.2) is 11.5 Å². The molecule has 2 aliphatic heterocycles. The molecule has 0 spiro atoms. The Kier molecular flexibility index (Phi) is 5.93. The zero-order valence-corrected chi connectivity index (χ0v) is 17.6. The molecule has 2 aromatic rings. The van der Waals surface area contributed by atoms with E-state index >= 15 is 0 Å². The van der Waals surface area contributed by atoms with Gasteiger partial charge in [-0.25, -0.2) is 8.42 Å². The number of benzene rings is 1. The highest BCUT2D eigenvalue weighted by Gasteiger charge is 2.32. The van der Waals surface area contributed by atoms with Gasteiger partial charge in [0, 0.05) is 13.1 Å². The molecule has 1 unspecified atom stereocenters. The first-order valence-electron chi connectivity index (χ1n) is 9.53. The van der Waals surface area contributed by atoms with Crippen LogP contribution in [0.1, 0.15) is 28.9 Å². The van der Waals surface area contributed by atoms with E-state index in [4.69, 9.17) is 9.47 Å². The van der Waals surface area contributed by atoms with Crippen molar-refractivity contribution >= 4 is 33.2 Å². The molecule has 1 aromatic carbocycles. The lowest BCUT2D eigenvalue weighted by Gasteiger charge is -2.26. The van der Waals surface area contributed by atoms with Gasteiger partial charge in [-0.3, -0.25) is 20.4 Å². The van der Waals surface area contributed by atoms with Gasteiger partial charge in [-0.05, 0) is 36.4 Å². The topological polar surface area (TPSA) is 114 Å². The van der Waals surface area contributed by atoms with Gasteiger partial charge in [-0.2, -0.15) is 4.31 Å². The maximum Gasteiger partial charge on any atom is 0.283 e. The molecule has 160 valence electrons. The van der Waals surface area contributed by atoms with Crippen LogP contribution in [0.15, 0.2) is 40.6 Å². The third-order valence-corrected chi connectivity index (χ3v) is 7.85. The zero-order valence-electron chi connectivity index (χ0n) is 16.0. The van der Waals surface area contributed by atoms with Crippen LogP contribution in [0.25, 0.3) is 0 Å². The maximum atomic E-state index is 12.9. The molecule has 0 saturated carbocycles. The van der Waals surface area contributed by atoms with E-state index in [1.807, 2.05) is 0 Å². The number of nitrogens with zero attached hydrogens (tertiary/aromatic N) is 1. The number of amides is 2. The van der Waals surface area contributed by atoms with Gasteiger partial charge in [-0.15, -0.1) is 11.3 Å². The number of carbonyl (C=O) groups is 2. The third-order valence-electron chi connectivity index (χ3n) is 4.87. The van der Waals surface area contributed by atoms with E-state index in [0.29, 0.717) is 24.6 Å². The van der Waals surface area contributed by atoms with Gasteiger partial charge in [0.05, 0.1) is 0 Å². The summed E-state index contributed by atoms with van der Waals surface area (Å²) in [5.41, 5.74) is 4.56. The van der Waals surface area contributed by atoms with Crippen molar-refractivity contribution in [3.8, 4) is 11.5 Å². The Balaban J connectivity index is 1.39. The van der Waals surface area contributed by atoms with Crippen LogP contribution in [-0.4, -0.2) is 50.3 Å². The van der Waals surface area contributed by atoms with Gasteiger partial charge in [0.25, 0.3) is 11.8 Å². The molecular formula is C19H21N3O6S2. The number of fused-ring (bicyclic) bond motifs is 1. The first-order chi connectivity index (χ1) is 14.5. The summed E-state index contributed by atoms with van der Waals surface area (Å²) in [5.74, 6) is -0.332. The number of nitrogens with one attached hydrogen (secondary N) is 2. The van der Waals surface area contributed by atoms with Crippen molar-refractivity contribution in [1.29, 1.82) is 0 Å². The fourth-order valence-corrected chi connectivity index (χ4v) is 6.13. The van der Waals surface area contributed by atoms with Crippen LogP contribution >= 0.6 is 11.3 Å². The number of hydrogen-bond acceptors (Lipinski definition) is 7. The third kappa shape index (κ3) is 4.13. The summed E-state index contributed by atoms with van der Waals surface area (Å²) >= 11 is 1.00. The van der Waals surface area contributed by atoms with Crippen molar-refractivity contribution in [3.05, 3.63) is 40.6 Å². The molecular weight excluding hydrogens is 430 g/mol. The van der Waals surface area contributed by atoms with Crippen LogP contribution in [0.2, 0.25) is 0 Å². The van der Waals surface area contributed by atoms with E-state index < -0.39 is 27.9 Å². The van der Waals surface area contributed by atoms with Gasteiger partial charge in [0.2, 0.25) is 16.1 Å². The molecule has 11 heteroatoms. The number of piperidine rings is 1. The normalized spacial score (nSPS) is 19.1. The van der Waals surface area contributed by atoms with E-state index in [2.05, 4.69) is 10.9 Å². The smallest absolute Gasteiger partial charge is 0.283 e. The number of thiophene rings is 1. The summed E-state index contributed by atoms with van der Waals surface area (Å²) < 4.78 is 38.3. The lowest BCUT2D eigenvalue weighted by molar-refractivity contribution is -0.131. The molecule has 1 atom stereocenters. The summed E-state index contributed by atoms with van der Waals surface area (Å²) in [4.78, 5) is 24.9. The Bertz CT molecular complexity index is 1050. The molecule has 0 aliphatic carbocycles. The van der Waals surface area contributed by atoms with E-state index in [1.165, 1.54) is 10.4 Å². The summed E-state index contributed by atoms with van der Waals surface area (Å²) in [5, 5.41) is 1.54. The predicted octanol–water partition coefficient (Wildman–Crippen LogP) is 1.52. The largest absolute Gasteiger partial charge is 0.485 e. The minimum Gasteiger partial charge on any atom is -0.485 e. The lowest BCUT2D eigenvalue weighted by atomic mass is 10.2. The van der Waals surface area contributed by atoms with Crippen molar-refractivity contribution < 1.29 is 27.5 Å². The van der Waals surface area contributed by atoms with Crippen LogP contribution in [-0.2, 0) is 14.8 Å². The maximum absolute atomic E-state index is 12.9. The molecule has 0 bridgehead atoms. The van der Waals surface area contributed by atoms with Crippen molar-refractivity contribution in [1.82, 2.24) is 15.2 Å². The van der Waals surface area contributed by atoms with Crippen LogP contribution in [0.4, 0.5) is 0 Å². The number of hydrogen-bond donors (Lipinski definition) is 2. The minimum atomic E-state index is -3.76. The van der Waals surface area contributed by atoms with Crippen LogP contribution in [0, 0.1) is 0 Å². The first kappa shape index (κ1) is 20.6.